The van der Waals surface area contributed by atoms with Crippen LogP contribution in [0.3, 0.4) is 0 Å². The van der Waals surface area contributed by atoms with Crippen molar-refractivity contribution in [2.24, 2.45) is 0 Å². The SMILES string of the molecule is C=CCNc1ccc(NS(=O)(=O)c2ccc(F)cc2C)nc1. The predicted octanol–water partition coefficient (Wildman–Crippen LogP) is 2.93. The van der Waals surface area contributed by atoms with E-state index in [0.717, 1.165) is 11.8 Å². The quantitative estimate of drug-likeness (QED) is 0.803. The van der Waals surface area contributed by atoms with Crippen LogP contribution in [-0.2, 0) is 10.0 Å². The van der Waals surface area contributed by atoms with Gasteiger partial charge in [-0.3, -0.25) is 4.72 Å². The summed E-state index contributed by atoms with van der Waals surface area (Å²) in [6.45, 7) is 5.71. The first-order chi connectivity index (χ1) is 10.4. The summed E-state index contributed by atoms with van der Waals surface area (Å²) >= 11 is 0. The zero-order valence-electron chi connectivity index (χ0n) is 12.0. The Morgan fingerprint density at radius 1 is 1.32 bits per heavy atom. The van der Waals surface area contributed by atoms with Crippen molar-refractivity contribution in [2.75, 3.05) is 16.6 Å². The molecule has 0 amide bonds. The highest BCUT2D eigenvalue weighted by Crippen LogP contribution is 2.19. The number of rotatable bonds is 6. The van der Waals surface area contributed by atoms with Gasteiger partial charge in [-0.25, -0.2) is 17.8 Å². The number of aromatic nitrogens is 1. The van der Waals surface area contributed by atoms with Crippen LogP contribution in [0.5, 0.6) is 0 Å². The lowest BCUT2D eigenvalue weighted by Gasteiger charge is -2.10. The molecule has 116 valence electrons. The second kappa shape index (κ2) is 6.57. The molecule has 0 aliphatic rings. The number of halogens is 1. The number of nitrogens with one attached hydrogen (secondary N) is 2. The molecule has 0 aliphatic heterocycles. The topological polar surface area (TPSA) is 71.1 Å². The molecule has 1 aromatic carbocycles. The van der Waals surface area contributed by atoms with Crippen LogP contribution >= 0.6 is 0 Å². The normalized spacial score (nSPS) is 11.0. The Kier molecular flexibility index (Phi) is 4.77. The van der Waals surface area contributed by atoms with Crippen molar-refractivity contribution in [1.29, 1.82) is 0 Å². The molecule has 0 unspecified atom stereocenters. The maximum Gasteiger partial charge on any atom is 0.263 e. The fraction of sp³-hybridized carbons (Fsp3) is 0.133. The standard InChI is InChI=1S/C15H16FN3O2S/c1-3-8-17-13-5-7-15(18-10-13)19-22(20,21)14-6-4-12(16)9-11(14)2/h3-7,9-10,17H,1,8H2,2H3,(H,18,19). The number of hydrogen-bond donors (Lipinski definition) is 2. The lowest BCUT2D eigenvalue weighted by atomic mass is 10.2. The lowest BCUT2D eigenvalue weighted by molar-refractivity contribution is 0.598. The Bertz CT molecular complexity index is 774. The summed E-state index contributed by atoms with van der Waals surface area (Å²) in [5, 5.41) is 3.03. The number of anilines is 2. The van der Waals surface area contributed by atoms with Gasteiger partial charge in [-0.15, -0.1) is 6.58 Å². The third-order valence-corrected chi connectivity index (χ3v) is 4.39. The predicted molar refractivity (Wildman–Crippen MR) is 84.9 cm³/mol. The monoisotopic (exact) mass is 321 g/mol. The average Bonchev–Trinajstić information content (AvgIpc) is 2.45. The summed E-state index contributed by atoms with van der Waals surface area (Å²) in [6.07, 6.45) is 3.22. The highest BCUT2D eigenvalue weighted by molar-refractivity contribution is 7.92. The molecule has 0 saturated heterocycles. The second-order valence-electron chi connectivity index (χ2n) is 4.62. The molecule has 2 aromatic rings. The van der Waals surface area contributed by atoms with E-state index in [1.54, 1.807) is 18.2 Å². The van der Waals surface area contributed by atoms with Gasteiger partial charge in [0.05, 0.1) is 16.8 Å². The summed E-state index contributed by atoms with van der Waals surface area (Å²) < 4.78 is 40.0. The van der Waals surface area contributed by atoms with Crippen molar-refractivity contribution in [3.05, 3.63) is 60.6 Å². The number of sulfonamides is 1. The van der Waals surface area contributed by atoms with E-state index in [2.05, 4.69) is 21.6 Å². The second-order valence-corrected chi connectivity index (χ2v) is 6.27. The van der Waals surface area contributed by atoms with E-state index in [9.17, 15) is 12.8 Å². The minimum atomic E-state index is -3.81. The lowest BCUT2D eigenvalue weighted by Crippen LogP contribution is -2.15. The third-order valence-electron chi connectivity index (χ3n) is 2.88. The number of hydrogen-bond acceptors (Lipinski definition) is 4. The van der Waals surface area contributed by atoms with Crippen LogP contribution in [0.2, 0.25) is 0 Å². The summed E-state index contributed by atoms with van der Waals surface area (Å²) in [4.78, 5) is 4.05. The zero-order chi connectivity index (χ0) is 16.2. The third kappa shape index (κ3) is 3.82. The molecule has 0 atom stereocenters. The summed E-state index contributed by atoms with van der Waals surface area (Å²) in [5.41, 5.74) is 1.08. The van der Waals surface area contributed by atoms with Crippen LogP contribution in [-0.4, -0.2) is 19.9 Å². The smallest absolute Gasteiger partial charge is 0.263 e. The Hall–Kier alpha value is -2.41. The van der Waals surface area contributed by atoms with Crippen LogP contribution < -0.4 is 10.0 Å². The number of benzene rings is 1. The summed E-state index contributed by atoms with van der Waals surface area (Å²) in [7, 11) is -3.81. The molecule has 5 nitrogen and oxygen atoms in total. The molecule has 0 radical (unpaired) electrons. The fourth-order valence-corrected chi connectivity index (χ4v) is 3.09. The molecule has 22 heavy (non-hydrogen) atoms. The molecule has 0 bridgehead atoms. The van der Waals surface area contributed by atoms with E-state index >= 15 is 0 Å². The van der Waals surface area contributed by atoms with Gasteiger partial charge < -0.3 is 5.32 Å². The van der Waals surface area contributed by atoms with E-state index in [1.807, 2.05) is 0 Å². The van der Waals surface area contributed by atoms with Gasteiger partial charge in [-0.2, -0.15) is 0 Å². The molecule has 0 saturated carbocycles. The highest BCUT2D eigenvalue weighted by atomic mass is 32.2. The molecule has 0 spiro atoms. The molecular formula is C15H16FN3O2S. The van der Waals surface area contributed by atoms with Gasteiger partial charge in [0.1, 0.15) is 11.6 Å². The van der Waals surface area contributed by atoms with E-state index in [4.69, 9.17) is 0 Å². The van der Waals surface area contributed by atoms with Crippen LogP contribution in [0, 0.1) is 12.7 Å². The first kappa shape index (κ1) is 16.0. The Morgan fingerprint density at radius 3 is 2.68 bits per heavy atom. The van der Waals surface area contributed by atoms with Gasteiger partial charge >= 0.3 is 0 Å². The molecule has 2 rings (SSSR count). The van der Waals surface area contributed by atoms with Crippen molar-refractivity contribution in [3.63, 3.8) is 0 Å². The minimum absolute atomic E-state index is 0.0181. The first-order valence-corrected chi connectivity index (χ1v) is 8.00. The molecule has 1 aromatic heterocycles. The molecule has 0 aliphatic carbocycles. The van der Waals surface area contributed by atoms with Crippen molar-refractivity contribution in [3.8, 4) is 0 Å². The largest absolute Gasteiger partial charge is 0.380 e. The van der Waals surface area contributed by atoms with Crippen LogP contribution in [0.1, 0.15) is 5.56 Å². The number of nitrogens with zero attached hydrogens (tertiary/aromatic N) is 1. The maximum absolute atomic E-state index is 13.1. The highest BCUT2D eigenvalue weighted by Gasteiger charge is 2.17. The number of pyridine rings is 1. The van der Waals surface area contributed by atoms with Gasteiger partial charge in [-0.1, -0.05) is 6.08 Å². The van der Waals surface area contributed by atoms with E-state index in [1.165, 1.54) is 25.3 Å². The van der Waals surface area contributed by atoms with Crippen molar-refractivity contribution < 1.29 is 12.8 Å². The Labute approximate surface area is 129 Å². The average molecular weight is 321 g/mol. The van der Waals surface area contributed by atoms with Gasteiger partial charge in [0.25, 0.3) is 10.0 Å². The van der Waals surface area contributed by atoms with Crippen molar-refractivity contribution >= 4 is 21.5 Å². The van der Waals surface area contributed by atoms with Gasteiger partial charge in [0, 0.05) is 6.54 Å². The van der Waals surface area contributed by atoms with E-state index < -0.39 is 15.8 Å². The van der Waals surface area contributed by atoms with Gasteiger partial charge in [-0.05, 0) is 42.8 Å². The maximum atomic E-state index is 13.1. The molecule has 1 heterocycles. The molecular weight excluding hydrogens is 305 g/mol. The summed E-state index contributed by atoms with van der Waals surface area (Å²) in [6, 6.07) is 6.75. The van der Waals surface area contributed by atoms with Gasteiger partial charge in [0.15, 0.2) is 0 Å². The van der Waals surface area contributed by atoms with E-state index in [0.29, 0.717) is 12.1 Å². The van der Waals surface area contributed by atoms with Crippen LogP contribution in [0.4, 0.5) is 15.9 Å². The molecule has 7 heteroatoms. The fourth-order valence-electron chi connectivity index (χ4n) is 1.86. The van der Waals surface area contributed by atoms with Crippen molar-refractivity contribution in [1.82, 2.24) is 4.98 Å². The van der Waals surface area contributed by atoms with Crippen LogP contribution in [0.25, 0.3) is 0 Å². The number of aryl methyl sites for hydroxylation is 1. The minimum Gasteiger partial charge on any atom is -0.380 e. The first-order valence-electron chi connectivity index (χ1n) is 6.52. The van der Waals surface area contributed by atoms with Crippen molar-refractivity contribution in [2.45, 2.75) is 11.8 Å². The van der Waals surface area contributed by atoms with E-state index in [-0.39, 0.29) is 10.7 Å². The zero-order valence-corrected chi connectivity index (χ0v) is 12.8. The molecule has 2 N–H and O–H groups in total. The van der Waals surface area contributed by atoms with Crippen LogP contribution in [0.15, 0.2) is 54.1 Å². The van der Waals surface area contributed by atoms with Gasteiger partial charge in [0.2, 0.25) is 0 Å². The Morgan fingerprint density at radius 2 is 2.09 bits per heavy atom. The Balaban J connectivity index is 2.19. The summed E-state index contributed by atoms with van der Waals surface area (Å²) in [5.74, 6) is -0.292. The molecule has 0 fully saturated rings.